The third-order valence-electron chi connectivity index (χ3n) is 1.74. The maximum atomic E-state index is 10.7. The van der Waals surface area contributed by atoms with Crippen LogP contribution in [0, 0.1) is 0 Å². The summed E-state index contributed by atoms with van der Waals surface area (Å²) < 4.78 is 0. The Bertz CT molecular complexity index is 442. The zero-order valence-corrected chi connectivity index (χ0v) is 7.29. The Labute approximate surface area is 80.7 Å². The molecule has 0 aliphatic carbocycles. The molecule has 0 atom stereocenters. The molecule has 0 unspecified atom stereocenters. The smallest absolute Gasteiger partial charge is 0.178 e. The molecule has 0 N–H and O–H groups in total. The maximum Gasteiger partial charge on any atom is 0.178 e. The molecule has 0 bridgehead atoms. The van der Waals surface area contributed by atoms with Gasteiger partial charge in [-0.15, -0.1) is 0 Å². The first kappa shape index (κ1) is 8.50. The predicted molar refractivity (Wildman–Crippen MR) is 50.7 cm³/mol. The predicted octanol–water partition coefficient (Wildman–Crippen LogP) is 1.35. The van der Waals surface area contributed by atoms with Gasteiger partial charge in [0.2, 0.25) is 0 Å². The molecule has 14 heavy (non-hydrogen) atoms. The van der Waals surface area contributed by atoms with Gasteiger partial charge in [0.25, 0.3) is 0 Å². The van der Waals surface area contributed by atoms with E-state index in [4.69, 9.17) is 0 Å². The van der Waals surface area contributed by atoms with Crippen molar-refractivity contribution in [3.8, 4) is 11.5 Å². The number of aldehydes is 1. The van der Waals surface area contributed by atoms with Crippen LogP contribution < -0.4 is 0 Å². The van der Waals surface area contributed by atoms with E-state index >= 15 is 0 Å². The van der Waals surface area contributed by atoms with Crippen LogP contribution in [0.15, 0.2) is 36.8 Å². The average Bonchev–Trinajstić information content (AvgIpc) is 2.30. The maximum absolute atomic E-state index is 10.7. The fraction of sp³-hybridized carbons (Fsp3) is 0. The van der Waals surface area contributed by atoms with Gasteiger partial charge in [-0.05, 0) is 18.2 Å². The summed E-state index contributed by atoms with van der Waals surface area (Å²) in [4.78, 5) is 22.8. The number of aromatic nitrogens is 3. The summed E-state index contributed by atoms with van der Waals surface area (Å²) >= 11 is 0. The standard InChI is InChI=1S/C10H7N3O/c14-7-8-3-1-4-11-9(8)10-12-5-2-6-13-10/h1-7H. The fourth-order valence-electron chi connectivity index (χ4n) is 1.12. The van der Waals surface area contributed by atoms with Crippen molar-refractivity contribution in [3.05, 3.63) is 42.4 Å². The minimum absolute atomic E-state index is 0.468. The number of carbonyl (C=O) groups excluding carboxylic acids is 1. The molecule has 0 radical (unpaired) electrons. The van der Waals surface area contributed by atoms with Gasteiger partial charge in [-0.2, -0.15) is 0 Å². The van der Waals surface area contributed by atoms with Gasteiger partial charge in [0, 0.05) is 24.2 Å². The lowest BCUT2D eigenvalue weighted by molar-refractivity contribution is 0.112. The molecule has 2 aromatic heterocycles. The fourth-order valence-corrected chi connectivity index (χ4v) is 1.12. The van der Waals surface area contributed by atoms with E-state index < -0.39 is 0 Å². The quantitative estimate of drug-likeness (QED) is 0.662. The van der Waals surface area contributed by atoms with Crippen molar-refractivity contribution in [1.29, 1.82) is 0 Å². The summed E-state index contributed by atoms with van der Waals surface area (Å²) in [5.74, 6) is 0.468. The van der Waals surface area contributed by atoms with Crippen LogP contribution in [0.3, 0.4) is 0 Å². The molecular weight excluding hydrogens is 178 g/mol. The summed E-state index contributed by atoms with van der Waals surface area (Å²) in [6, 6.07) is 5.11. The molecule has 0 aliphatic rings. The number of nitrogens with zero attached hydrogens (tertiary/aromatic N) is 3. The monoisotopic (exact) mass is 185 g/mol. The summed E-state index contributed by atoms with van der Waals surface area (Å²) in [5, 5.41) is 0. The van der Waals surface area contributed by atoms with Crippen LogP contribution in [-0.4, -0.2) is 21.2 Å². The van der Waals surface area contributed by atoms with Gasteiger partial charge in [-0.3, -0.25) is 9.78 Å². The number of rotatable bonds is 2. The Kier molecular flexibility index (Phi) is 2.27. The van der Waals surface area contributed by atoms with E-state index in [9.17, 15) is 4.79 Å². The molecule has 0 aromatic carbocycles. The molecule has 0 aliphatic heterocycles. The lowest BCUT2D eigenvalue weighted by Gasteiger charge is -1.99. The largest absolute Gasteiger partial charge is 0.298 e. The minimum Gasteiger partial charge on any atom is -0.298 e. The second-order valence-corrected chi connectivity index (χ2v) is 2.63. The van der Waals surface area contributed by atoms with Gasteiger partial charge in [0.05, 0.1) is 0 Å². The molecule has 0 saturated heterocycles. The van der Waals surface area contributed by atoms with Crippen molar-refractivity contribution in [1.82, 2.24) is 15.0 Å². The SMILES string of the molecule is O=Cc1cccnc1-c1ncccn1. The van der Waals surface area contributed by atoms with E-state index in [1.807, 2.05) is 0 Å². The molecule has 0 amide bonds. The van der Waals surface area contributed by atoms with Crippen LogP contribution in [0.2, 0.25) is 0 Å². The third kappa shape index (κ3) is 1.50. The highest BCUT2D eigenvalue weighted by Gasteiger charge is 2.06. The molecule has 2 rings (SSSR count). The van der Waals surface area contributed by atoms with Crippen LogP contribution >= 0.6 is 0 Å². The van der Waals surface area contributed by atoms with E-state index in [2.05, 4.69) is 15.0 Å². The lowest BCUT2D eigenvalue weighted by atomic mass is 10.2. The first-order valence-electron chi connectivity index (χ1n) is 4.09. The first-order valence-corrected chi connectivity index (χ1v) is 4.09. The van der Waals surface area contributed by atoms with Crippen LogP contribution in [0.4, 0.5) is 0 Å². The Balaban J connectivity index is 2.57. The van der Waals surface area contributed by atoms with Crippen molar-refractivity contribution in [2.24, 2.45) is 0 Å². The van der Waals surface area contributed by atoms with Crippen LogP contribution in [0.1, 0.15) is 10.4 Å². The average molecular weight is 185 g/mol. The second-order valence-electron chi connectivity index (χ2n) is 2.63. The number of pyridine rings is 1. The Morgan fingerprint density at radius 2 is 1.71 bits per heavy atom. The van der Waals surface area contributed by atoms with E-state index in [-0.39, 0.29) is 0 Å². The molecule has 0 saturated carbocycles. The number of hydrogen-bond donors (Lipinski definition) is 0. The van der Waals surface area contributed by atoms with Gasteiger partial charge in [-0.1, -0.05) is 0 Å². The molecule has 0 spiro atoms. The zero-order valence-electron chi connectivity index (χ0n) is 7.29. The molecule has 2 aromatic rings. The summed E-state index contributed by atoms with van der Waals surface area (Å²) in [6.45, 7) is 0. The lowest BCUT2D eigenvalue weighted by Crippen LogP contribution is -1.94. The molecule has 68 valence electrons. The van der Waals surface area contributed by atoms with Gasteiger partial charge in [-0.25, -0.2) is 9.97 Å². The Morgan fingerprint density at radius 1 is 1.00 bits per heavy atom. The van der Waals surface area contributed by atoms with Gasteiger partial charge in [0.15, 0.2) is 12.1 Å². The van der Waals surface area contributed by atoms with Crippen molar-refractivity contribution < 1.29 is 4.79 Å². The third-order valence-corrected chi connectivity index (χ3v) is 1.74. The molecule has 0 fully saturated rings. The zero-order chi connectivity index (χ0) is 9.80. The van der Waals surface area contributed by atoms with Crippen molar-refractivity contribution in [2.45, 2.75) is 0 Å². The van der Waals surface area contributed by atoms with Crippen molar-refractivity contribution >= 4 is 6.29 Å². The highest BCUT2D eigenvalue weighted by molar-refractivity contribution is 5.83. The van der Waals surface area contributed by atoms with Crippen LogP contribution in [-0.2, 0) is 0 Å². The summed E-state index contributed by atoms with van der Waals surface area (Å²) in [5.41, 5.74) is 1.02. The van der Waals surface area contributed by atoms with E-state index in [1.54, 1.807) is 36.8 Å². The highest BCUT2D eigenvalue weighted by Crippen LogP contribution is 2.13. The summed E-state index contributed by atoms with van der Waals surface area (Å²) in [6.07, 6.45) is 5.59. The topological polar surface area (TPSA) is 55.7 Å². The first-order chi connectivity index (χ1) is 6.92. The molecular formula is C10H7N3O. The van der Waals surface area contributed by atoms with E-state index in [1.165, 1.54) is 0 Å². The second kappa shape index (κ2) is 3.74. The van der Waals surface area contributed by atoms with Crippen LogP contribution in [0.5, 0.6) is 0 Å². The molecule has 4 heteroatoms. The van der Waals surface area contributed by atoms with Crippen molar-refractivity contribution in [2.75, 3.05) is 0 Å². The molecule has 2 heterocycles. The Morgan fingerprint density at radius 3 is 2.43 bits per heavy atom. The van der Waals surface area contributed by atoms with Gasteiger partial charge in [0.1, 0.15) is 5.69 Å². The van der Waals surface area contributed by atoms with Crippen LogP contribution in [0.25, 0.3) is 11.5 Å². The van der Waals surface area contributed by atoms with E-state index in [0.717, 1.165) is 6.29 Å². The van der Waals surface area contributed by atoms with E-state index in [0.29, 0.717) is 17.1 Å². The van der Waals surface area contributed by atoms with Gasteiger partial charge >= 0.3 is 0 Å². The minimum atomic E-state index is 0.468. The number of carbonyl (C=O) groups is 1. The normalized spacial score (nSPS) is 9.71. The molecule has 4 nitrogen and oxygen atoms in total. The highest BCUT2D eigenvalue weighted by atomic mass is 16.1. The number of hydrogen-bond acceptors (Lipinski definition) is 4. The van der Waals surface area contributed by atoms with Crippen molar-refractivity contribution in [3.63, 3.8) is 0 Å². The van der Waals surface area contributed by atoms with Gasteiger partial charge < -0.3 is 0 Å². The summed E-state index contributed by atoms with van der Waals surface area (Å²) in [7, 11) is 0. The Hall–Kier alpha value is -2.10.